The summed E-state index contributed by atoms with van der Waals surface area (Å²) in [7, 11) is 1.77. The minimum Gasteiger partial charge on any atom is -0.484 e. The lowest BCUT2D eigenvalue weighted by atomic mass is 9.96. The van der Waals surface area contributed by atoms with Crippen molar-refractivity contribution in [2.75, 3.05) is 26.2 Å². The van der Waals surface area contributed by atoms with Gasteiger partial charge in [-0.05, 0) is 37.0 Å². The number of rotatable bonds is 7. The zero-order valence-corrected chi connectivity index (χ0v) is 16.3. The third kappa shape index (κ3) is 5.56. The maximum atomic E-state index is 12.4. The molecule has 29 heavy (non-hydrogen) atoms. The topological polar surface area (TPSA) is 120 Å². The number of primary amides is 1. The molecule has 9 heteroatoms. The summed E-state index contributed by atoms with van der Waals surface area (Å²) in [6.45, 7) is 1.73. The highest BCUT2D eigenvalue weighted by Gasteiger charge is 2.23. The zero-order valence-electron chi connectivity index (χ0n) is 16.3. The second kappa shape index (κ2) is 9.22. The van der Waals surface area contributed by atoms with E-state index in [2.05, 4.69) is 10.4 Å². The number of aromatic nitrogens is 2. The Balaban J connectivity index is 1.39. The molecule has 0 radical (unpaired) electrons. The van der Waals surface area contributed by atoms with Crippen LogP contribution in [0, 0.1) is 5.92 Å². The van der Waals surface area contributed by atoms with Gasteiger partial charge in [0.25, 0.3) is 11.8 Å². The van der Waals surface area contributed by atoms with Crippen LogP contribution in [0.5, 0.6) is 5.75 Å². The molecule has 3 rings (SSSR count). The Bertz CT molecular complexity index is 887. The highest BCUT2D eigenvalue weighted by atomic mass is 16.5. The number of benzene rings is 1. The number of piperidine rings is 1. The van der Waals surface area contributed by atoms with E-state index in [-0.39, 0.29) is 18.4 Å². The van der Waals surface area contributed by atoms with Crippen LogP contribution in [0.1, 0.15) is 33.6 Å². The molecule has 0 saturated carbocycles. The number of nitrogens with one attached hydrogen (secondary N) is 1. The molecule has 0 spiro atoms. The maximum Gasteiger partial charge on any atom is 0.260 e. The predicted octanol–water partition coefficient (Wildman–Crippen LogP) is 0.566. The van der Waals surface area contributed by atoms with Crippen molar-refractivity contribution in [3.63, 3.8) is 0 Å². The van der Waals surface area contributed by atoms with E-state index in [0.29, 0.717) is 42.4 Å². The van der Waals surface area contributed by atoms with Crippen LogP contribution in [0.2, 0.25) is 0 Å². The molecule has 0 atom stereocenters. The summed E-state index contributed by atoms with van der Waals surface area (Å²) < 4.78 is 7.09. The van der Waals surface area contributed by atoms with E-state index in [4.69, 9.17) is 10.5 Å². The predicted molar refractivity (Wildman–Crippen MR) is 105 cm³/mol. The first kappa shape index (κ1) is 20.4. The number of likely N-dealkylation sites (tertiary alicyclic amines) is 1. The molecule has 1 saturated heterocycles. The summed E-state index contributed by atoms with van der Waals surface area (Å²) in [5.41, 5.74) is 6.12. The number of ether oxygens (including phenoxy) is 1. The number of carbonyl (C=O) groups excluding carboxylic acids is 3. The van der Waals surface area contributed by atoms with Crippen molar-refractivity contribution < 1.29 is 19.1 Å². The second-order valence-electron chi connectivity index (χ2n) is 7.12. The maximum absolute atomic E-state index is 12.4. The average Bonchev–Trinajstić information content (AvgIpc) is 3.17. The molecule has 3 amide bonds. The first-order valence-corrected chi connectivity index (χ1v) is 9.49. The van der Waals surface area contributed by atoms with Crippen LogP contribution in [-0.2, 0) is 11.8 Å². The van der Waals surface area contributed by atoms with Crippen LogP contribution >= 0.6 is 0 Å². The molecule has 2 aromatic rings. The first-order valence-electron chi connectivity index (χ1n) is 9.49. The number of hydrogen-bond donors (Lipinski definition) is 2. The van der Waals surface area contributed by atoms with Gasteiger partial charge < -0.3 is 20.7 Å². The monoisotopic (exact) mass is 399 g/mol. The van der Waals surface area contributed by atoms with E-state index in [1.54, 1.807) is 41.0 Å². The van der Waals surface area contributed by atoms with E-state index in [0.717, 1.165) is 12.8 Å². The number of carbonyl (C=O) groups is 3. The summed E-state index contributed by atoms with van der Waals surface area (Å²) in [5, 5.41) is 6.92. The van der Waals surface area contributed by atoms with Gasteiger partial charge in [-0.25, -0.2) is 0 Å². The van der Waals surface area contributed by atoms with Gasteiger partial charge in [0.2, 0.25) is 5.91 Å². The van der Waals surface area contributed by atoms with Crippen LogP contribution in [0.15, 0.2) is 36.7 Å². The molecule has 0 unspecified atom stereocenters. The minimum atomic E-state index is -0.542. The molecular formula is C20H25N5O4. The Kier molecular flexibility index (Phi) is 6.48. The first-order chi connectivity index (χ1) is 13.9. The molecule has 1 fully saturated rings. The fourth-order valence-electron chi connectivity index (χ4n) is 3.24. The largest absolute Gasteiger partial charge is 0.484 e. The number of hydrogen-bond acceptors (Lipinski definition) is 5. The lowest BCUT2D eigenvalue weighted by Gasteiger charge is -2.32. The molecule has 3 N–H and O–H groups in total. The Labute approximate surface area is 168 Å². The highest BCUT2D eigenvalue weighted by molar-refractivity contribution is 5.93. The number of nitrogens with zero attached hydrogens (tertiary/aromatic N) is 3. The fraction of sp³-hybridized carbons (Fsp3) is 0.400. The standard InChI is InChI=1S/C20H25N5O4/c1-24-12-16(11-23-24)20(28)22-10-14-5-7-25(8-6-14)18(26)13-29-17-4-2-3-15(9-17)19(21)27/h2-4,9,11-12,14H,5-8,10,13H2,1H3,(H2,21,27)(H,22,28). The smallest absolute Gasteiger partial charge is 0.260 e. The van der Waals surface area contributed by atoms with Gasteiger partial charge in [0.05, 0.1) is 11.8 Å². The third-order valence-electron chi connectivity index (χ3n) is 4.97. The highest BCUT2D eigenvalue weighted by Crippen LogP contribution is 2.18. The van der Waals surface area contributed by atoms with Crippen molar-refractivity contribution in [3.05, 3.63) is 47.8 Å². The summed E-state index contributed by atoms with van der Waals surface area (Å²) in [6, 6.07) is 6.45. The van der Waals surface area contributed by atoms with E-state index < -0.39 is 5.91 Å². The van der Waals surface area contributed by atoms with E-state index in [1.807, 2.05) is 0 Å². The van der Waals surface area contributed by atoms with Gasteiger partial charge in [-0.2, -0.15) is 5.10 Å². The normalized spacial score (nSPS) is 14.4. The van der Waals surface area contributed by atoms with Crippen molar-refractivity contribution in [1.29, 1.82) is 0 Å². The molecule has 0 aliphatic carbocycles. The summed E-state index contributed by atoms with van der Waals surface area (Å²) >= 11 is 0. The lowest BCUT2D eigenvalue weighted by Crippen LogP contribution is -2.43. The minimum absolute atomic E-state index is 0.0926. The molecule has 1 aromatic heterocycles. The molecule has 1 aliphatic rings. The van der Waals surface area contributed by atoms with Gasteiger partial charge >= 0.3 is 0 Å². The third-order valence-corrected chi connectivity index (χ3v) is 4.97. The van der Waals surface area contributed by atoms with Crippen LogP contribution in [0.25, 0.3) is 0 Å². The van der Waals surface area contributed by atoms with E-state index in [1.165, 1.54) is 12.3 Å². The molecule has 1 aliphatic heterocycles. The lowest BCUT2D eigenvalue weighted by molar-refractivity contribution is -0.134. The molecular weight excluding hydrogens is 374 g/mol. The van der Waals surface area contributed by atoms with Crippen LogP contribution in [-0.4, -0.2) is 58.6 Å². The van der Waals surface area contributed by atoms with Crippen molar-refractivity contribution in [3.8, 4) is 5.75 Å². The Morgan fingerprint density at radius 2 is 2.00 bits per heavy atom. The average molecular weight is 399 g/mol. The van der Waals surface area contributed by atoms with Gasteiger partial charge in [0.15, 0.2) is 6.61 Å². The Morgan fingerprint density at radius 1 is 1.24 bits per heavy atom. The van der Waals surface area contributed by atoms with Crippen LogP contribution in [0.3, 0.4) is 0 Å². The van der Waals surface area contributed by atoms with Gasteiger partial charge in [-0.1, -0.05) is 6.07 Å². The molecule has 154 valence electrons. The van der Waals surface area contributed by atoms with E-state index in [9.17, 15) is 14.4 Å². The number of aryl methyl sites for hydroxylation is 1. The van der Waals surface area contributed by atoms with Crippen LogP contribution < -0.4 is 15.8 Å². The fourth-order valence-corrected chi connectivity index (χ4v) is 3.24. The molecule has 1 aromatic carbocycles. The van der Waals surface area contributed by atoms with Gasteiger partial charge in [0.1, 0.15) is 5.75 Å². The van der Waals surface area contributed by atoms with Crippen molar-refractivity contribution in [2.45, 2.75) is 12.8 Å². The van der Waals surface area contributed by atoms with Crippen molar-refractivity contribution >= 4 is 17.7 Å². The van der Waals surface area contributed by atoms with Crippen molar-refractivity contribution in [1.82, 2.24) is 20.0 Å². The Hall–Kier alpha value is -3.36. The van der Waals surface area contributed by atoms with Gasteiger partial charge in [-0.15, -0.1) is 0 Å². The van der Waals surface area contributed by atoms with Gasteiger partial charge in [0, 0.05) is 38.4 Å². The van der Waals surface area contributed by atoms with Gasteiger partial charge in [-0.3, -0.25) is 19.1 Å². The SMILES string of the molecule is Cn1cc(C(=O)NCC2CCN(C(=O)COc3cccc(C(N)=O)c3)CC2)cn1. The second-order valence-corrected chi connectivity index (χ2v) is 7.12. The molecule has 9 nitrogen and oxygen atoms in total. The summed E-state index contributed by atoms with van der Waals surface area (Å²) in [4.78, 5) is 37.4. The Morgan fingerprint density at radius 3 is 2.66 bits per heavy atom. The molecule has 0 bridgehead atoms. The quantitative estimate of drug-likeness (QED) is 0.705. The van der Waals surface area contributed by atoms with E-state index >= 15 is 0 Å². The zero-order chi connectivity index (χ0) is 20.8. The summed E-state index contributed by atoms with van der Waals surface area (Å²) in [5.74, 6) is -0.0227. The number of nitrogens with two attached hydrogens (primary N) is 1. The molecule has 2 heterocycles. The van der Waals surface area contributed by atoms with Crippen LogP contribution in [0.4, 0.5) is 0 Å². The van der Waals surface area contributed by atoms with Crippen molar-refractivity contribution in [2.24, 2.45) is 18.7 Å². The summed E-state index contributed by atoms with van der Waals surface area (Å²) in [6.07, 6.45) is 4.85. The number of amides is 3.